The van der Waals surface area contributed by atoms with Crippen molar-refractivity contribution >= 4 is 17.6 Å². The fraction of sp³-hybridized carbons (Fsp3) is 0.412. The van der Waals surface area contributed by atoms with Crippen LogP contribution in [-0.4, -0.2) is 41.0 Å². The van der Waals surface area contributed by atoms with Crippen molar-refractivity contribution in [1.82, 2.24) is 4.90 Å². The lowest BCUT2D eigenvalue weighted by Crippen LogP contribution is -2.38. The third kappa shape index (κ3) is 4.10. The molecule has 118 valence electrons. The van der Waals surface area contributed by atoms with Crippen LogP contribution in [0.25, 0.3) is 0 Å². The Kier molecular flexibility index (Phi) is 5.58. The molecule has 5 nitrogen and oxygen atoms in total. The molecule has 0 spiro atoms. The Hall–Kier alpha value is -2.30. The minimum absolute atomic E-state index is 0.0224. The number of amides is 1. The fourth-order valence-electron chi connectivity index (χ4n) is 2.86. The summed E-state index contributed by atoms with van der Waals surface area (Å²) in [6.07, 6.45) is 6.15. The van der Waals surface area contributed by atoms with Gasteiger partial charge in [-0.2, -0.15) is 0 Å². The zero-order valence-electron chi connectivity index (χ0n) is 12.6. The highest BCUT2D eigenvalue weighted by Crippen LogP contribution is 2.25. The van der Waals surface area contributed by atoms with Gasteiger partial charge in [0.1, 0.15) is 6.54 Å². The van der Waals surface area contributed by atoms with E-state index < -0.39 is 5.97 Å². The Morgan fingerprint density at radius 2 is 2.09 bits per heavy atom. The number of nitrogens with one attached hydrogen (secondary N) is 1. The van der Waals surface area contributed by atoms with Gasteiger partial charge in [-0.25, -0.2) is 0 Å². The largest absolute Gasteiger partial charge is 0.480 e. The van der Waals surface area contributed by atoms with Crippen LogP contribution in [0.3, 0.4) is 0 Å². The number of carbonyl (C=O) groups excluding carboxylic acids is 1. The smallest absolute Gasteiger partial charge is 0.322 e. The number of carbonyl (C=O) groups is 2. The van der Waals surface area contributed by atoms with Crippen molar-refractivity contribution in [1.29, 1.82) is 0 Å². The second-order valence-corrected chi connectivity index (χ2v) is 5.51. The van der Waals surface area contributed by atoms with E-state index >= 15 is 0 Å². The van der Waals surface area contributed by atoms with Crippen LogP contribution in [0.2, 0.25) is 0 Å². The molecular formula is C17H22N2O3. The Balaban J connectivity index is 2.13. The molecule has 1 aliphatic carbocycles. The van der Waals surface area contributed by atoms with E-state index in [2.05, 4.69) is 11.9 Å². The van der Waals surface area contributed by atoms with Gasteiger partial charge in [-0.1, -0.05) is 25.0 Å². The number of anilines is 1. The van der Waals surface area contributed by atoms with Crippen LogP contribution in [0, 0.1) is 0 Å². The van der Waals surface area contributed by atoms with Crippen molar-refractivity contribution in [2.45, 2.75) is 31.7 Å². The summed E-state index contributed by atoms with van der Waals surface area (Å²) in [5, 5.41) is 11.5. The first kappa shape index (κ1) is 16.1. The summed E-state index contributed by atoms with van der Waals surface area (Å²) in [4.78, 5) is 25.2. The van der Waals surface area contributed by atoms with Crippen molar-refractivity contribution < 1.29 is 14.7 Å². The molecule has 0 unspecified atom stereocenters. The molecule has 0 aromatic heterocycles. The Morgan fingerprint density at radius 3 is 2.73 bits per heavy atom. The van der Waals surface area contributed by atoms with Crippen molar-refractivity contribution in [2.75, 3.05) is 18.4 Å². The molecule has 0 radical (unpaired) electrons. The van der Waals surface area contributed by atoms with Gasteiger partial charge < -0.3 is 15.3 Å². The molecule has 1 amide bonds. The zero-order valence-corrected chi connectivity index (χ0v) is 12.6. The maximum Gasteiger partial charge on any atom is 0.322 e. The minimum atomic E-state index is -0.934. The number of hydrogen-bond donors (Lipinski definition) is 2. The highest BCUT2D eigenvalue weighted by atomic mass is 16.4. The Morgan fingerprint density at radius 1 is 1.36 bits per heavy atom. The topological polar surface area (TPSA) is 69.6 Å². The van der Waals surface area contributed by atoms with E-state index in [0.29, 0.717) is 17.8 Å². The van der Waals surface area contributed by atoms with Crippen molar-refractivity contribution in [3.63, 3.8) is 0 Å². The molecule has 1 aliphatic rings. The van der Waals surface area contributed by atoms with Gasteiger partial charge in [0.15, 0.2) is 0 Å². The summed E-state index contributed by atoms with van der Waals surface area (Å²) in [6, 6.07) is 7.27. The summed E-state index contributed by atoms with van der Waals surface area (Å²) in [5.41, 5.74) is 1.21. The van der Waals surface area contributed by atoms with Crippen LogP contribution in [0.15, 0.2) is 36.9 Å². The lowest BCUT2D eigenvalue weighted by Gasteiger charge is -2.28. The molecular weight excluding hydrogens is 280 g/mol. The molecule has 2 rings (SSSR count). The first-order chi connectivity index (χ1) is 10.6. The summed E-state index contributed by atoms with van der Waals surface area (Å²) in [7, 11) is 0. The van der Waals surface area contributed by atoms with Crippen LogP contribution in [0.1, 0.15) is 36.0 Å². The van der Waals surface area contributed by atoms with E-state index in [-0.39, 0.29) is 18.5 Å². The monoisotopic (exact) mass is 302 g/mol. The number of benzene rings is 1. The van der Waals surface area contributed by atoms with Crippen LogP contribution in [0.5, 0.6) is 0 Å². The molecule has 0 heterocycles. The predicted octanol–water partition coefficient (Wildman–Crippen LogP) is 2.75. The molecule has 0 aliphatic heterocycles. The van der Waals surface area contributed by atoms with Gasteiger partial charge in [0, 0.05) is 23.8 Å². The zero-order chi connectivity index (χ0) is 15.9. The van der Waals surface area contributed by atoms with Crippen molar-refractivity contribution in [3.05, 3.63) is 42.5 Å². The van der Waals surface area contributed by atoms with E-state index in [4.69, 9.17) is 5.11 Å². The summed E-state index contributed by atoms with van der Waals surface area (Å²) in [6.45, 7) is 4.11. The third-order valence-electron chi connectivity index (χ3n) is 3.91. The van der Waals surface area contributed by atoms with E-state index in [1.165, 1.54) is 0 Å². The van der Waals surface area contributed by atoms with Crippen LogP contribution >= 0.6 is 0 Å². The number of aliphatic carboxylic acids is 1. The number of rotatable bonds is 7. The molecule has 22 heavy (non-hydrogen) atoms. The molecule has 0 bridgehead atoms. The lowest BCUT2D eigenvalue weighted by atomic mass is 10.1. The molecule has 1 aromatic rings. The first-order valence-corrected chi connectivity index (χ1v) is 7.59. The Labute approximate surface area is 130 Å². The standard InChI is InChI=1S/C17H22N2O3/c1-2-10-19(15-8-3-4-9-15)17(22)13-6-5-7-14(11-13)18-12-16(20)21/h2,5-7,11,15,18H,1,3-4,8-10,12H2,(H,20,21). The second-order valence-electron chi connectivity index (χ2n) is 5.51. The van der Waals surface area contributed by atoms with Gasteiger partial charge in [-0.3, -0.25) is 9.59 Å². The van der Waals surface area contributed by atoms with Gasteiger partial charge in [-0.15, -0.1) is 6.58 Å². The molecule has 1 aromatic carbocycles. The van der Waals surface area contributed by atoms with Crippen LogP contribution in [-0.2, 0) is 4.79 Å². The maximum absolute atomic E-state index is 12.7. The molecule has 1 fully saturated rings. The van der Waals surface area contributed by atoms with Crippen molar-refractivity contribution in [2.24, 2.45) is 0 Å². The number of hydrogen-bond acceptors (Lipinski definition) is 3. The number of carboxylic acid groups (broad SMARTS) is 1. The van der Waals surface area contributed by atoms with Gasteiger partial charge in [-0.05, 0) is 31.0 Å². The van der Waals surface area contributed by atoms with Gasteiger partial charge in [0.05, 0.1) is 0 Å². The highest BCUT2D eigenvalue weighted by Gasteiger charge is 2.26. The van der Waals surface area contributed by atoms with E-state index in [1.807, 2.05) is 4.90 Å². The van der Waals surface area contributed by atoms with E-state index in [9.17, 15) is 9.59 Å². The maximum atomic E-state index is 12.7. The minimum Gasteiger partial charge on any atom is -0.480 e. The number of carboxylic acids is 1. The van der Waals surface area contributed by atoms with Crippen LogP contribution in [0.4, 0.5) is 5.69 Å². The highest BCUT2D eigenvalue weighted by molar-refractivity contribution is 5.95. The summed E-state index contributed by atoms with van der Waals surface area (Å²) >= 11 is 0. The molecule has 2 N–H and O–H groups in total. The summed E-state index contributed by atoms with van der Waals surface area (Å²) in [5.74, 6) is -0.957. The molecule has 0 saturated heterocycles. The molecule has 1 saturated carbocycles. The summed E-state index contributed by atoms with van der Waals surface area (Å²) < 4.78 is 0. The van der Waals surface area contributed by atoms with Gasteiger partial charge in [0.2, 0.25) is 0 Å². The fourth-order valence-corrected chi connectivity index (χ4v) is 2.86. The second kappa shape index (κ2) is 7.64. The van der Waals surface area contributed by atoms with Gasteiger partial charge in [0.25, 0.3) is 5.91 Å². The Bertz CT molecular complexity index is 551. The van der Waals surface area contributed by atoms with E-state index in [0.717, 1.165) is 25.7 Å². The van der Waals surface area contributed by atoms with Crippen LogP contribution < -0.4 is 5.32 Å². The normalized spacial score (nSPS) is 14.5. The average Bonchev–Trinajstić information content (AvgIpc) is 3.04. The molecule has 0 atom stereocenters. The lowest BCUT2D eigenvalue weighted by molar-refractivity contribution is -0.134. The predicted molar refractivity (Wildman–Crippen MR) is 86.1 cm³/mol. The number of nitrogens with zero attached hydrogens (tertiary/aromatic N) is 1. The van der Waals surface area contributed by atoms with Crippen molar-refractivity contribution in [3.8, 4) is 0 Å². The van der Waals surface area contributed by atoms with E-state index in [1.54, 1.807) is 30.3 Å². The quantitative estimate of drug-likeness (QED) is 0.760. The third-order valence-corrected chi connectivity index (χ3v) is 3.91. The molecule has 5 heteroatoms. The first-order valence-electron chi connectivity index (χ1n) is 7.59. The average molecular weight is 302 g/mol. The van der Waals surface area contributed by atoms with Gasteiger partial charge >= 0.3 is 5.97 Å². The SMILES string of the molecule is C=CCN(C(=O)c1cccc(NCC(=O)O)c1)C1CCCC1.